The van der Waals surface area contributed by atoms with Gasteiger partial charge in [0.15, 0.2) is 0 Å². The van der Waals surface area contributed by atoms with E-state index in [4.69, 9.17) is 9.05 Å². The number of nitrogens with one attached hydrogen (secondary N) is 1. The maximum atomic E-state index is 12.9. The Balaban J connectivity index is 4.37. The quantitative estimate of drug-likeness (QED) is 0.0243. The molecule has 0 aliphatic heterocycles. The van der Waals surface area contributed by atoms with Gasteiger partial charge in [-0.15, -0.1) is 0 Å². The second kappa shape index (κ2) is 44.7. The minimum atomic E-state index is -4.36. The summed E-state index contributed by atoms with van der Waals surface area (Å²) in [5.74, 6) is -0.193. The molecule has 0 radical (unpaired) electrons. The van der Waals surface area contributed by atoms with Gasteiger partial charge in [0.25, 0.3) is 0 Å². The molecule has 1 amide bonds. The van der Waals surface area contributed by atoms with Crippen molar-refractivity contribution >= 4 is 13.7 Å². The van der Waals surface area contributed by atoms with E-state index >= 15 is 0 Å². The molecule has 0 rings (SSSR count). The highest BCUT2D eigenvalue weighted by Crippen LogP contribution is 2.43. The molecular weight excluding hydrogens is 792 g/mol. The van der Waals surface area contributed by atoms with E-state index in [0.717, 1.165) is 44.9 Å². The van der Waals surface area contributed by atoms with Gasteiger partial charge >= 0.3 is 7.82 Å². The molecule has 0 aromatic heterocycles. The number of unbranched alkanes of at least 4 members (excludes halogenated alkanes) is 28. The molecule has 3 unspecified atom stereocenters. The zero-order valence-corrected chi connectivity index (χ0v) is 42.3. The lowest BCUT2D eigenvalue weighted by atomic mass is 10.0. The van der Waals surface area contributed by atoms with Crippen LogP contribution in [0.5, 0.6) is 0 Å². The van der Waals surface area contributed by atoms with Crippen LogP contribution in [0.3, 0.4) is 0 Å². The molecule has 0 aliphatic rings. The highest BCUT2D eigenvalue weighted by atomic mass is 31.2. The van der Waals surface area contributed by atoms with Crippen LogP contribution in [0.2, 0.25) is 0 Å². The lowest BCUT2D eigenvalue weighted by Crippen LogP contribution is -2.45. The fourth-order valence-corrected chi connectivity index (χ4v) is 8.10. The molecule has 0 aromatic carbocycles. The van der Waals surface area contributed by atoms with Gasteiger partial charge in [-0.2, -0.15) is 0 Å². The zero-order valence-electron chi connectivity index (χ0n) is 41.4. The SMILES string of the molecule is CCCCCCCCCC/C=C\CCCCCCCCCCCC(=O)NC(COP(=O)(O)OCC[N+](C)(C)C)C(O)/C=C/CC/C=C/CC/C=C/CCCCCCCCCCC. The Morgan fingerprint density at radius 3 is 1.29 bits per heavy atom. The maximum Gasteiger partial charge on any atom is 0.472 e. The largest absolute Gasteiger partial charge is 0.472 e. The molecule has 0 aromatic rings. The second-order valence-electron chi connectivity index (χ2n) is 18.9. The first kappa shape index (κ1) is 60.5. The fraction of sp³-hybridized carbons (Fsp3) is 0.830. The number of likely N-dealkylation sites (N-methyl/N-ethyl adjacent to an activating group) is 1. The Kier molecular flexibility index (Phi) is 43.5. The molecule has 3 N–H and O–H groups in total. The number of phosphoric ester groups is 1. The number of carbonyl (C=O) groups is 1. The van der Waals surface area contributed by atoms with Crippen molar-refractivity contribution in [3.8, 4) is 0 Å². The average molecular weight is 894 g/mol. The predicted molar refractivity (Wildman–Crippen MR) is 267 cm³/mol. The minimum absolute atomic E-state index is 0.0526. The number of aliphatic hydroxyl groups is 1. The van der Waals surface area contributed by atoms with E-state index in [-0.39, 0.29) is 19.1 Å². The molecule has 8 nitrogen and oxygen atoms in total. The van der Waals surface area contributed by atoms with Crippen LogP contribution in [0.4, 0.5) is 0 Å². The summed E-state index contributed by atoms with van der Waals surface area (Å²) >= 11 is 0. The van der Waals surface area contributed by atoms with E-state index in [1.165, 1.54) is 167 Å². The molecule has 0 aliphatic carbocycles. The van der Waals surface area contributed by atoms with Gasteiger partial charge < -0.3 is 19.8 Å². The Bertz CT molecular complexity index is 1150. The number of nitrogens with zero attached hydrogens (tertiary/aromatic N) is 1. The standard InChI is InChI=1S/C53H101N2O6P/c1-6-8-10-12-14-16-18-20-22-24-26-27-29-31-33-35-37-39-41-43-45-47-53(57)54-51(50-61-62(58,59)60-49-48-55(3,4)5)52(56)46-44-42-40-38-36-34-32-30-28-25-23-21-19-17-15-13-11-9-7-2/h24,26,28,30,36,38,44,46,51-52,56H,6-23,25,27,29,31-35,37,39-43,45,47-50H2,1-5H3,(H-,54,57,58,59)/p+1/b26-24-,30-28+,38-36+,46-44+. The summed E-state index contributed by atoms with van der Waals surface area (Å²) in [6.07, 6.45) is 57.7. The molecule has 0 saturated heterocycles. The highest BCUT2D eigenvalue weighted by Gasteiger charge is 2.27. The molecular formula is C53H102N2O6P+. The van der Waals surface area contributed by atoms with Gasteiger partial charge in [0.1, 0.15) is 13.2 Å². The monoisotopic (exact) mass is 894 g/mol. The van der Waals surface area contributed by atoms with Crippen molar-refractivity contribution in [2.45, 2.75) is 244 Å². The summed E-state index contributed by atoms with van der Waals surface area (Å²) in [6.45, 7) is 4.79. The molecule has 62 heavy (non-hydrogen) atoms. The van der Waals surface area contributed by atoms with E-state index in [1.54, 1.807) is 6.08 Å². The summed E-state index contributed by atoms with van der Waals surface area (Å²) in [7, 11) is 1.55. The van der Waals surface area contributed by atoms with Gasteiger partial charge in [-0.1, -0.05) is 204 Å². The van der Waals surface area contributed by atoms with Crippen molar-refractivity contribution in [1.82, 2.24) is 5.32 Å². The molecule has 3 atom stereocenters. The van der Waals surface area contributed by atoms with E-state index < -0.39 is 20.0 Å². The fourth-order valence-electron chi connectivity index (χ4n) is 7.36. The highest BCUT2D eigenvalue weighted by molar-refractivity contribution is 7.47. The number of allylic oxidation sites excluding steroid dienone is 7. The van der Waals surface area contributed by atoms with Crippen LogP contribution < -0.4 is 5.32 Å². The number of aliphatic hydroxyl groups excluding tert-OH is 1. The number of hydrogen-bond acceptors (Lipinski definition) is 5. The number of rotatable bonds is 47. The van der Waals surface area contributed by atoms with Crippen LogP contribution in [-0.2, 0) is 18.4 Å². The summed E-state index contributed by atoms with van der Waals surface area (Å²) in [4.78, 5) is 23.2. The van der Waals surface area contributed by atoms with Crippen molar-refractivity contribution in [2.24, 2.45) is 0 Å². The smallest absolute Gasteiger partial charge is 0.387 e. The molecule has 0 heterocycles. The van der Waals surface area contributed by atoms with Crippen molar-refractivity contribution in [3.05, 3.63) is 48.6 Å². The first-order valence-corrected chi connectivity index (χ1v) is 27.5. The van der Waals surface area contributed by atoms with E-state index in [1.807, 2.05) is 27.2 Å². The zero-order chi connectivity index (χ0) is 45.7. The van der Waals surface area contributed by atoms with Gasteiger partial charge in [0.2, 0.25) is 5.91 Å². The average Bonchev–Trinajstić information content (AvgIpc) is 3.23. The molecule has 9 heteroatoms. The van der Waals surface area contributed by atoms with E-state index in [0.29, 0.717) is 17.4 Å². The molecule has 0 bridgehead atoms. The lowest BCUT2D eigenvalue weighted by molar-refractivity contribution is -0.870. The number of carbonyl (C=O) groups excluding carboxylic acids is 1. The molecule has 0 spiro atoms. The van der Waals surface area contributed by atoms with Crippen LogP contribution in [0.1, 0.15) is 232 Å². The normalized spacial score (nSPS) is 14.5. The van der Waals surface area contributed by atoms with Crippen molar-refractivity contribution in [2.75, 3.05) is 40.9 Å². The van der Waals surface area contributed by atoms with Gasteiger partial charge in [-0.05, 0) is 70.6 Å². The number of hydrogen-bond donors (Lipinski definition) is 3. The molecule has 0 fully saturated rings. The third-order valence-corrected chi connectivity index (χ3v) is 12.5. The van der Waals surface area contributed by atoms with Crippen LogP contribution in [-0.4, -0.2) is 73.4 Å². The lowest BCUT2D eigenvalue weighted by Gasteiger charge is -2.25. The van der Waals surface area contributed by atoms with Crippen molar-refractivity contribution in [1.29, 1.82) is 0 Å². The van der Waals surface area contributed by atoms with Gasteiger partial charge in [0.05, 0.1) is 39.9 Å². The van der Waals surface area contributed by atoms with Crippen LogP contribution in [0.15, 0.2) is 48.6 Å². The van der Waals surface area contributed by atoms with E-state index in [9.17, 15) is 19.4 Å². The van der Waals surface area contributed by atoms with Gasteiger partial charge in [-0.3, -0.25) is 13.8 Å². The van der Waals surface area contributed by atoms with Crippen LogP contribution in [0, 0.1) is 0 Å². The number of phosphoric acid groups is 1. The van der Waals surface area contributed by atoms with Crippen LogP contribution in [0.25, 0.3) is 0 Å². The van der Waals surface area contributed by atoms with Gasteiger partial charge in [-0.25, -0.2) is 4.57 Å². The minimum Gasteiger partial charge on any atom is -0.387 e. The van der Waals surface area contributed by atoms with Gasteiger partial charge in [0, 0.05) is 6.42 Å². The van der Waals surface area contributed by atoms with E-state index in [2.05, 4.69) is 55.6 Å². The Morgan fingerprint density at radius 2 is 0.887 bits per heavy atom. The number of amides is 1. The first-order chi connectivity index (χ1) is 30.0. The molecule has 0 saturated carbocycles. The summed E-state index contributed by atoms with van der Waals surface area (Å²) in [5.41, 5.74) is 0. The summed E-state index contributed by atoms with van der Waals surface area (Å²) < 4.78 is 23.6. The predicted octanol–water partition coefficient (Wildman–Crippen LogP) is 15.2. The van der Waals surface area contributed by atoms with Crippen LogP contribution >= 0.6 is 7.82 Å². The van der Waals surface area contributed by atoms with Crippen molar-refractivity contribution < 1.29 is 32.9 Å². The first-order valence-electron chi connectivity index (χ1n) is 26.0. The second-order valence-corrected chi connectivity index (χ2v) is 20.3. The Hall–Kier alpha value is -1.54. The topological polar surface area (TPSA) is 105 Å². The van der Waals surface area contributed by atoms with Crippen molar-refractivity contribution in [3.63, 3.8) is 0 Å². The molecule has 364 valence electrons. The third kappa shape index (κ3) is 46.5. The summed E-state index contributed by atoms with van der Waals surface area (Å²) in [6, 6.07) is -0.871. The maximum absolute atomic E-state index is 12.9. The Labute approximate surface area is 384 Å². The third-order valence-electron chi connectivity index (χ3n) is 11.5. The Morgan fingerprint density at radius 1 is 0.532 bits per heavy atom. The summed E-state index contributed by atoms with van der Waals surface area (Å²) in [5, 5.41) is 13.9. The number of quaternary nitrogens is 1.